The molecule has 0 amide bonds. The van der Waals surface area contributed by atoms with Crippen LogP contribution in [-0.2, 0) is 6.54 Å². The molecule has 1 saturated heterocycles. The van der Waals surface area contributed by atoms with Crippen LogP contribution in [0.25, 0.3) is 33.5 Å². The summed E-state index contributed by atoms with van der Waals surface area (Å²) in [6, 6.07) is 18.0. The van der Waals surface area contributed by atoms with Gasteiger partial charge in [0.25, 0.3) is 0 Å². The van der Waals surface area contributed by atoms with E-state index in [4.69, 9.17) is 16.0 Å². The molecule has 140 valence electrons. The van der Waals surface area contributed by atoms with Crippen molar-refractivity contribution in [3.63, 3.8) is 0 Å². The van der Waals surface area contributed by atoms with Crippen LogP contribution in [-0.4, -0.2) is 28.0 Å². The van der Waals surface area contributed by atoms with Crippen LogP contribution in [0.2, 0.25) is 5.02 Å². The molecule has 5 heteroatoms. The summed E-state index contributed by atoms with van der Waals surface area (Å²) < 4.78 is 5.92. The van der Waals surface area contributed by atoms with E-state index in [-0.39, 0.29) is 0 Å². The largest absolute Gasteiger partial charge is 0.439 e. The highest BCUT2D eigenvalue weighted by Gasteiger charge is 2.15. The van der Waals surface area contributed by atoms with E-state index in [2.05, 4.69) is 27.0 Å². The van der Waals surface area contributed by atoms with Crippen molar-refractivity contribution in [2.24, 2.45) is 0 Å². The first-order valence-electron chi connectivity index (χ1n) is 9.59. The van der Waals surface area contributed by atoms with Gasteiger partial charge in [0.05, 0.1) is 12.2 Å². The third kappa shape index (κ3) is 3.53. The van der Waals surface area contributed by atoms with E-state index in [1.54, 1.807) is 0 Å². The Bertz CT molecular complexity index is 1100. The van der Waals surface area contributed by atoms with Crippen LogP contribution < -0.4 is 0 Å². The van der Waals surface area contributed by atoms with Gasteiger partial charge in [0.15, 0.2) is 5.58 Å². The van der Waals surface area contributed by atoms with E-state index in [0.29, 0.717) is 0 Å². The van der Waals surface area contributed by atoms with Gasteiger partial charge in [-0.25, -0.2) is 4.98 Å². The van der Waals surface area contributed by atoms with Crippen LogP contribution in [0.1, 0.15) is 18.7 Å². The zero-order valence-electron chi connectivity index (χ0n) is 15.4. The van der Waals surface area contributed by atoms with Gasteiger partial charge in [-0.05, 0) is 67.9 Å². The molecule has 2 aromatic carbocycles. The molecule has 4 nitrogen and oxygen atoms in total. The zero-order chi connectivity index (χ0) is 18.9. The molecule has 2 aromatic heterocycles. The summed E-state index contributed by atoms with van der Waals surface area (Å²) in [4.78, 5) is 11.7. The van der Waals surface area contributed by atoms with Crippen molar-refractivity contribution in [3.05, 3.63) is 71.7 Å². The van der Waals surface area contributed by atoms with E-state index in [0.717, 1.165) is 64.0 Å². The minimum absolute atomic E-state index is 0.735. The highest BCUT2D eigenvalue weighted by atomic mass is 35.5. The lowest BCUT2D eigenvalue weighted by molar-refractivity contribution is 0.295. The van der Waals surface area contributed by atoms with Crippen molar-refractivity contribution in [2.75, 3.05) is 13.1 Å². The number of benzene rings is 2. The molecule has 0 radical (unpaired) electrons. The fourth-order valence-corrected chi connectivity index (χ4v) is 3.84. The maximum absolute atomic E-state index is 5.97. The first-order chi connectivity index (χ1) is 13.7. The van der Waals surface area contributed by atoms with E-state index in [1.165, 1.54) is 12.8 Å². The molecule has 0 bridgehead atoms. The van der Waals surface area contributed by atoms with Gasteiger partial charge in [-0.15, -0.1) is 0 Å². The number of hydrogen-bond acceptors (Lipinski definition) is 4. The molecule has 0 N–H and O–H groups in total. The average molecular weight is 390 g/mol. The molecule has 0 atom stereocenters. The minimum atomic E-state index is 0.735. The lowest BCUT2D eigenvalue weighted by Crippen LogP contribution is -2.18. The molecule has 3 heterocycles. The topological polar surface area (TPSA) is 42.2 Å². The van der Waals surface area contributed by atoms with Crippen molar-refractivity contribution < 1.29 is 4.42 Å². The Labute approximate surface area is 168 Å². The number of pyridine rings is 1. The lowest BCUT2D eigenvalue weighted by atomic mass is 10.1. The van der Waals surface area contributed by atoms with E-state index in [1.807, 2.05) is 48.7 Å². The number of rotatable bonds is 4. The summed E-state index contributed by atoms with van der Waals surface area (Å²) in [7, 11) is 0. The fourth-order valence-electron chi connectivity index (χ4n) is 3.71. The molecule has 0 saturated carbocycles. The smallest absolute Gasteiger partial charge is 0.209 e. The molecule has 0 unspecified atom stereocenters. The second-order valence-corrected chi connectivity index (χ2v) is 7.65. The summed E-state index contributed by atoms with van der Waals surface area (Å²) in [5, 5.41) is 0.735. The molecule has 1 fully saturated rings. The summed E-state index contributed by atoms with van der Waals surface area (Å²) in [6.45, 7) is 3.06. The van der Waals surface area contributed by atoms with Crippen molar-refractivity contribution in [3.8, 4) is 22.4 Å². The highest BCUT2D eigenvalue weighted by molar-refractivity contribution is 6.30. The third-order valence-corrected chi connectivity index (χ3v) is 5.48. The van der Waals surface area contributed by atoms with E-state index >= 15 is 0 Å². The number of aromatic nitrogens is 2. The van der Waals surface area contributed by atoms with Gasteiger partial charge in [0.2, 0.25) is 5.89 Å². The predicted octanol–water partition coefficient (Wildman–Crippen LogP) is 5.81. The van der Waals surface area contributed by atoms with Crippen molar-refractivity contribution in [1.82, 2.24) is 14.9 Å². The Morgan fingerprint density at radius 3 is 2.39 bits per heavy atom. The zero-order valence-corrected chi connectivity index (χ0v) is 16.2. The van der Waals surface area contributed by atoms with Crippen LogP contribution >= 0.6 is 11.6 Å². The monoisotopic (exact) mass is 389 g/mol. The number of nitrogens with zero attached hydrogens (tertiary/aromatic N) is 3. The van der Waals surface area contributed by atoms with Crippen LogP contribution in [0, 0.1) is 0 Å². The Hall–Kier alpha value is -2.69. The predicted molar refractivity (Wildman–Crippen MR) is 112 cm³/mol. The van der Waals surface area contributed by atoms with Crippen molar-refractivity contribution >= 4 is 22.7 Å². The Morgan fingerprint density at radius 1 is 0.893 bits per heavy atom. The van der Waals surface area contributed by atoms with Gasteiger partial charge in [-0.1, -0.05) is 29.8 Å². The summed E-state index contributed by atoms with van der Waals surface area (Å²) in [5.41, 5.74) is 5.84. The standard InChI is InChI=1S/C23H20ClN3O/c24-19-7-3-16(4-8-19)18-5-9-20(25-14-18)17-6-10-22-21(13-17)26-23(28-22)15-27-11-1-2-12-27/h3-10,13-14H,1-2,11-12,15H2. The number of hydrogen-bond donors (Lipinski definition) is 0. The number of halogens is 1. The van der Waals surface area contributed by atoms with Crippen LogP contribution in [0.4, 0.5) is 0 Å². The van der Waals surface area contributed by atoms with Crippen LogP contribution in [0.3, 0.4) is 0 Å². The Kier molecular flexibility index (Phi) is 4.59. The average Bonchev–Trinajstić information content (AvgIpc) is 3.37. The maximum atomic E-state index is 5.97. The lowest BCUT2D eigenvalue weighted by Gasteiger charge is -2.10. The Balaban J connectivity index is 1.39. The molecule has 5 rings (SSSR count). The molecular formula is C23H20ClN3O. The van der Waals surface area contributed by atoms with Gasteiger partial charge in [-0.3, -0.25) is 9.88 Å². The SMILES string of the molecule is Clc1ccc(-c2ccc(-c3ccc4oc(CN5CCCC5)nc4c3)nc2)cc1. The molecule has 1 aliphatic rings. The molecule has 0 spiro atoms. The first kappa shape index (κ1) is 17.4. The quantitative estimate of drug-likeness (QED) is 0.442. The van der Waals surface area contributed by atoms with E-state index in [9.17, 15) is 0 Å². The minimum Gasteiger partial charge on any atom is -0.439 e. The Morgan fingerprint density at radius 2 is 1.64 bits per heavy atom. The van der Waals surface area contributed by atoms with Gasteiger partial charge >= 0.3 is 0 Å². The van der Waals surface area contributed by atoms with Gasteiger partial charge in [-0.2, -0.15) is 0 Å². The summed E-state index contributed by atoms with van der Waals surface area (Å²) in [6.07, 6.45) is 4.43. The van der Waals surface area contributed by atoms with E-state index < -0.39 is 0 Å². The molecular weight excluding hydrogens is 370 g/mol. The number of likely N-dealkylation sites (tertiary alicyclic amines) is 1. The highest BCUT2D eigenvalue weighted by Crippen LogP contribution is 2.27. The molecule has 4 aromatic rings. The molecule has 28 heavy (non-hydrogen) atoms. The summed E-state index contributed by atoms with van der Waals surface area (Å²) >= 11 is 5.97. The van der Waals surface area contributed by atoms with Crippen molar-refractivity contribution in [2.45, 2.75) is 19.4 Å². The second-order valence-electron chi connectivity index (χ2n) is 7.21. The fraction of sp³-hybridized carbons (Fsp3) is 0.217. The van der Waals surface area contributed by atoms with Gasteiger partial charge in [0.1, 0.15) is 5.52 Å². The number of fused-ring (bicyclic) bond motifs is 1. The van der Waals surface area contributed by atoms with Crippen LogP contribution in [0.15, 0.2) is 65.2 Å². The normalized spacial score (nSPS) is 14.8. The van der Waals surface area contributed by atoms with Gasteiger partial charge < -0.3 is 4.42 Å². The maximum Gasteiger partial charge on any atom is 0.209 e. The first-order valence-corrected chi connectivity index (χ1v) is 9.97. The number of oxazole rings is 1. The second kappa shape index (κ2) is 7.38. The van der Waals surface area contributed by atoms with Crippen molar-refractivity contribution in [1.29, 1.82) is 0 Å². The summed E-state index contributed by atoms with van der Waals surface area (Å²) in [5.74, 6) is 0.792. The van der Waals surface area contributed by atoms with Crippen LogP contribution in [0.5, 0.6) is 0 Å². The van der Waals surface area contributed by atoms with Gasteiger partial charge in [0, 0.05) is 22.3 Å². The molecule has 0 aliphatic carbocycles. The third-order valence-electron chi connectivity index (χ3n) is 5.23. The molecule has 1 aliphatic heterocycles.